The van der Waals surface area contributed by atoms with Gasteiger partial charge in [-0.15, -0.1) is 0 Å². The minimum atomic E-state index is -3.67. The van der Waals surface area contributed by atoms with Crippen LogP contribution in [0.1, 0.15) is 13.8 Å². The topological polar surface area (TPSA) is 84.5 Å². The number of ether oxygens (including phenoxy) is 1. The number of rotatable bonds is 10. The molecule has 0 aromatic heterocycles. The van der Waals surface area contributed by atoms with Crippen molar-refractivity contribution in [1.82, 2.24) is 4.72 Å². The molecule has 0 spiro atoms. The maximum Gasteiger partial charge on any atom is 0.262 e. The molecule has 0 aliphatic carbocycles. The Labute approximate surface area is 203 Å². The first-order valence-electron chi connectivity index (χ1n) is 10.3. The Balaban J connectivity index is 1.62. The molecule has 0 heterocycles. The molecule has 0 saturated carbocycles. The van der Waals surface area contributed by atoms with Crippen molar-refractivity contribution in [3.63, 3.8) is 0 Å². The second-order valence-electron chi connectivity index (χ2n) is 7.59. The van der Waals surface area contributed by atoms with Gasteiger partial charge in [0.15, 0.2) is 6.61 Å². The zero-order chi connectivity index (χ0) is 23.8. The van der Waals surface area contributed by atoms with Crippen LogP contribution in [-0.2, 0) is 14.8 Å². The van der Waals surface area contributed by atoms with Crippen LogP contribution in [0.25, 0.3) is 0 Å². The molecule has 0 aliphatic heterocycles. The first kappa shape index (κ1) is 25.1. The standard InChI is InChI=1S/C24H25ClN2O4S2/c1-17(2)15-26-33(29,30)19-12-13-22(20(25)14-19)31-16-24(28)27-21-10-6-7-11-23(21)32-18-8-4-3-5-9-18/h3-14,17,26H,15-16H2,1-2H3,(H,27,28). The molecule has 1 amide bonds. The number of sulfonamides is 1. The Kier molecular flexibility index (Phi) is 8.80. The number of hydrogen-bond acceptors (Lipinski definition) is 5. The second kappa shape index (κ2) is 11.6. The molecule has 3 aromatic rings. The molecule has 9 heteroatoms. The van der Waals surface area contributed by atoms with Crippen molar-refractivity contribution >= 4 is 45.0 Å². The van der Waals surface area contributed by atoms with E-state index in [0.717, 1.165) is 9.79 Å². The summed E-state index contributed by atoms with van der Waals surface area (Å²) in [5, 5.41) is 2.96. The largest absolute Gasteiger partial charge is 0.482 e. The van der Waals surface area contributed by atoms with Gasteiger partial charge in [-0.1, -0.05) is 67.5 Å². The van der Waals surface area contributed by atoms with Gasteiger partial charge in [0.25, 0.3) is 5.91 Å². The predicted molar refractivity (Wildman–Crippen MR) is 133 cm³/mol. The third-order valence-corrected chi connectivity index (χ3v) is 7.19. The van der Waals surface area contributed by atoms with Crippen molar-refractivity contribution < 1.29 is 17.9 Å². The zero-order valence-corrected chi connectivity index (χ0v) is 20.6. The van der Waals surface area contributed by atoms with E-state index in [1.165, 1.54) is 18.2 Å². The van der Waals surface area contributed by atoms with Crippen molar-refractivity contribution in [1.29, 1.82) is 0 Å². The van der Waals surface area contributed by atoms with E-state index in [0.29, 0.717) is 12.2 Å². The normalized spacial score (nSPS) is 11.4. The van der Waals surface area contributed by atoms with Gasteiger partial charge < -0.3 is 10.1 Å². The van der Waals surface area contributed by atoms with Gasteiger partial charge in [-0.2, -0.15) is 0 Å². The highest BCUT2D eigenvalue weighted by Crippen LogP contribution is 2.33. The van der Waals surface area contributed by atoms with Crippen molar-refractivity contribution in [3.8, 4) is 5.75 Å². The number of anilines is 1. The molecule has 3 aromatic carbocycles. The number of halogens is 1. The quantitative estimate of drug-likeness (QED) is 0.384. The van der Waals surface area contributed by atoms with Gasteiger partial charge in [-0.05, 0) is 48.4 Å². The Hall–Kier alpha value is -2.52. The molecule has 0 bridgehead atoms. The SMILES string of the molecule is CC(C)CNS(=O)(=O)c1ccc(OCC(=O)Nc2ccccc2Sc2ccccc2)c(Cl)c1. The van der Waals surface area contributed by atoms with Crippen LogP contribution in [0.5, 0.6) is 5.75 Å². The molecular formula is C24H25ClN2O4S2. The van der Waals surface area contributed by atoms with Gasteiger partial charge in [0.2, 0.25) is 10.0 Å². The predicted octanol–water partition coefficient (Wildman–Crippen LogP) is 5.44. The van der Waals surface area contributed by atoms with E-state index in [4.69, 9.17) is 16.3 Å². The summed E-state index contributed by atoms with van der Waals surface area (Å²) in [6.07, 6.45) is 0. The van der Waals surface area contributed by atoms with E-state index in [1.807, 2.05) is 68.4 Å². The average molecular weight is 505 g/mol. The van der Waals surface area contributed by atoms with Crippen molar-refractivity contribution in [3.05, 3.63) is 77.8 Å². The average Bonchev–Trinajstić information content (AvgIpc) is 2.79. The van der Waals surface area contributed by atoms with Crippen LogP contribution in [-0.4, -0.2) is 27.5 Å². The summed E-state index contributed by atoms with van der Waals surface area (Å²) in [7, 11) is -3.67. The zero-order valence-electron chi connectivity index (χ0n) is 18.2. The molecule has 3 rings (SSSR count). The number of nitrogens with one attached hydrogen (secondary N) is 2. The van der Waals surface area contributed by atoms with Crippen molar-refractivity contribution in [2.45, 2.75) is 28.5 Å². The number of hydrogen-bond donors (Lipinski definition) is 2. The van der Waals surface area contributed by atoms with Crippen molar-refractivity contribution in [2.75, 3.05) is 18.5 Å². The highest BCUT2D eigenvalue weighted by molar-refractivity contribution is 7.99. The minimum Gasteiger partial charge on any atom is -0.482 e. The lowest BCUT2D eigenvalue weighted by Crippen LogP contribution is -2.27. The summed E-state index contributed by atoms with van der Waals surface area (Å²) in [5.41, 5.74) is 0.670. The smallest absolute Gasteiger partial charge is 0.262 e. The number of carbonyl (C=O) groups is 1. The van der Waals surface area contributed by atoms with Gasteiger partial charge in [0.05, 0.1) is 15.6 Å². The Morgan fingerprint density at radius 2 is 1.73 bits per heavy atom. The number of para-hydroxylation sites is 1. The van der Waals surface area contributed by atoms with E-state index in [2.05, 4.69) is 10.0 Å². The van der Waals surface area contributed by atoms with Crippen LogP contribution in [0, 0.1) is 5.92 Å². The second-order valence-corrected chi connectivity index (χ2v) is 10.9. The lowest BCUT2D eigenvalue weighted by atomic mass is 10.2. The van der Waals surface area contributed by atoms with E-state index in [1.54, 1.807) is 11.8 Å². The third-order valence-electron chi connectivity index (χ3n) is 4.39. The number of amides is 1. The van der Waals surface area contributed by atoms with Crippen molar-refractivity contribution in [2.24, 2.45) is 5.92 Å². The molecule has 174 valence electrons. The molecule has 0 aliphatic rings. The number of benzene rings is 3. The van der Waals surface area contributed by atoms with Crippen LogP contribution >= 0.6 is 23.4 Å². The first-order chi connectivity index (χ1) is 15.7. The van der Waals surface area contributed by atoms with E-state index >= 15 is 0 Å². The minimum absolute atomic E-state index is 0.0387. The van der Waals surface area contributed by atoms with E-state index in [-0.39, 0.29) is 34.1 Å². The molecule has 0 atom stereocenters. The van der Waals surface area contributed by atoms with Crippen LogP contribution in [0.2, 0.25) is 5.02 Å². The Morgan fingerprint density at radius 1 is 1.03 bits per heavy atom. The fourth-order valence-electron chi connectivity index (χ4n) is 2.73. The Bertz CT molecular complexity index is 1200. The maximum absolute atomic E-state index is 12.5. The van der Waals surface area contributed by atoms with Gasteiger partial charge in [0, 0.05) is 16.3 Å². The monoisotopic (exact) mass is 504 g/mol. The molecule has 0 fully saturated rings. The first-order valence-corrected chi connectivity index (χ1v) is 13.0. The lowest BCUT2D eigenvalue weighted by Gasteiger charge is -2.13. The van der Waals surface area contributed by atoms with Crippen LogP contribution in [0.15, 0.2) is 87.5 Å². The molecule has 0 unspecified atom stereocenters. The van der Waals surface area contributed by atoms with Crippen LogP contribution in [0.4, 0.5) is 5.69 Å². The molecule has 6 nitrogen and oxygen atoms in total. The summed E-state index contributed by atoms with van der Waals surface area (Å²) in [4.78, 5) is 14.5. The summed E-state index contributed by atoms with van der Waals surface area (Å²) >= 11 is 7.75. The summed E-state index contributed by atoms with van der Waals surface area (Å²) < 4.78 is 32.8. The molecule has 0 radical (unpaired) electrons. The van der Waals surface area contributed by atoms with Gasteiger partial charge in [-0.25, -0.2) is 13.1 Å². The van der Waals surface area contributed by atoms with Crippen LogP contribution in [0.3, 0.4) is 0 Å². The van der Waals surface area contributed by atoms with E-state index in [9.17, 15) is 13.2 Å². The molecule has 33 heavy (non-hydrogen) atoms. The van der Waals surface area contributed by atoms with E-state index < -0.39 is 10.0 Å². The molecular weight excluding hydrogens is 480 g/mol. The Morgan fingerprint density at radius 3 is 2.42 bits per heavy atom. The highest BCUT2D eigenvalue weighted by atomic mass is 35.5. The fourth-order valence-corrected chi connectivity index (χ4v) is 5.19. The summed E-state index contributed by atoms with van der Waals surface area (Å²) in [6, 6.07) is 21.5. The van der Waals surface area contributed by atoms with Gasteiger partial charge in [0.1, 0.15) is 5.75 Å². The summed E-state index contributed by atoms with van der Waals surface area (Å²) in [6.45, 7) is 3.87. The summed E-state index contributed by atoms with van der Waals surface area (Å²) in [5.74, 6) is 0.0386. The number of carbonyl (C=O) groups excluding carboxylic acids is 1. The third kappa shape index (κ3) is 7.50. The molecule has 0 saturated heterocycles. The van der Waals surface area contributed by atoms with Crippen LogP contribution < -0.4 is 14.8 Å². The fraction of sp³-hybridized carbons (Fsp3) is 0.208. The van der Waals surface area contributed by atoms with Gasteiger partial charge >= 0.3 is 0 Å². The lowest BCUT2D eigenvalue weighted by molar-refractivity contribution is -0.118. The maximum atomic E-state index is 12.5. The van der Waals surface area contributed by atoms with Gasteiger partial charge in [-0.3, -0.25) is 4.79 Å². The molecule has 2 N–H and O–H groups in total. The highest BCUT2D eigenvalue weighted by Gasteiger charge is 2.17.